The average Bonchev–Trinajstić information content (AvgIpc) is 1.69. The third kappa shape index (κ3) is 6.52. The van der Waals surface area contributed by atoms with Crippen LogP contribution in [0, 0.1) is 0 Å². The molecule has 1 N–H and O–H groups in total. The number of aliphatic hydroxyl groups excluding tert-OH is 1. The zero-order valence-corrected chi connectivity index (χ0v) is 6.98. The van der Waals surface area contributed by atoms with Crippen LogP contribution in [0.2, 0.25) is 5.21 Å². The van der Waals surface area contributed by atoms with Gasteiger partial charge < -0.3 is 0 Å². The maximum atomic E-state index is 8.30. The molecule has 44 valence electrons. The summed E-state index contributed by atoms with van der Waals surface area (Å²) < 4.78 is 0. The molecule has 0 heterocycles. The molecule has 0 saturated carbocycles. The van der Waals surface area contributed by atoms with Crippen LogP contribution in [0.4, 0.5) is 0 Å². The zero-order valence-electron chi connectivity index (χ0n) is 4.56. The Labute approximate surface area is 53.6 Å². The molecule has 0 aromatic heterocycles. The molecule has 0 saturated heterocycles. The number of unbranched alkanes of at least 4 members (excludes halogenated alkanes) is 2. The van der Waals surface area contributed by atoms with Crippen LogP contribution in [0.25, 0.3) is 0 Å². The molecular formula is C5H13AsO. The van der Waals surface area contributed by atoms with Gasteiger partial charge in [-0.05, 0) is 0 Å². The number of aliphatic hydroxyl groups is 1. The van der Waals surface area contributed by atoms with Crippen molar-refractivity contribution < 1.29 is 5.11 Å². The Morgan fingerprint density at radius 2 is 1.86 bits per heavy atom. The van der Waals surface area contributed by atoms with Gasteiger partial charge in [0.25, 0.3) is 0 Å². The van der Waals surface area contributed by atoms with Crippen molar-refractivity contribution in [3.63, 3.8) is 0 Å². The molecule has 1 unspecified atom stereocenters. The van der Waals surface area contributed by atoms with E-state index in [1.807, 2.05) is 0 Å². The normalized spacial score (nSPS) is 9.43. The second kappa shape index (κ2) is 6.52. The van der Waals surface area contributed by atoms with Crippen LogP contribution < -0.4 is 0 Å². The van der Waals surface area contributed by atoms with Crippen molar-refractivity contribution in [2.45, 2.75) is 24.5 Å². The third-order valence-electron chi connectivity index (χ3n) is 0.862. The molecule has 0 spiro atoms. The summed E-state index contributed by atoms with van der Waals surface area (Å²) in [6.45, 7) is 0.368. The Kier molecular flexibility index (Phi) is 7.00. The second-order valence-electron chi connectivity index (χ2n) is 1.57. The van der Waals surface area contributed by atoms with Crippen molar-refractivity contribution in [2.24, 2.45) is 0 Å². The summed E-state index contributed by atoms with van der Waals surface area (Å²) in [5.41, 5.74) is 0. The standard InChI is InChI=1S/C5H13AsO/c6-4-2-1-3-5-7/h7H,1-6H2. The van der Waals surface area contributed by atoms with Gasteiger partial charge >= 0.3 is 53.0 Å². The molecule has 7 heavy (non-hydrogen) atoms. The first-order valence-corrected chi connectivity index (χ1v) is 4.44. The van der Waals surface area contributed by atoms with E-state index in [1.165, 1.54) is 18.1 Å². The molecule has 0 bridgehead atoms. The maximum absolute atomic E-state index is 8.30. The van der Waals surface area contributed by atoms with Gasteiger partial charge in [-0.15, -0.1) is 0 Å². The van der Waals surface area contributed by atoms with Gasteiger partial charge in [0.1, 0.15) is 0 Å². The second-order valence-corrected chi connectivity index (χ2v) is 2.78. The molecule has 1 nitrogen and oxygen atoms in total. The van der Waals surface area contributed by atoms with Crippen molar-refractivity contribution in [3.05, 3.63) is 0 Å². The Morgan fingerprint density at radius 1 is 1.14 bits per heavy atom. The van der Waals surface area contributed by atoms with E-state index in [1.54, 1.807) is 16.9 Å². The number of hydrogen-bond donors (Lipinski definition) is 1. The molecule has 0 aromatic carbocycles. The van der Waals surface area contributed by atoms with Crippen molar-refractivity contribution in [2.75, 3.05) is 6.61 Å². The molecule has 0 aromatic rings. The van der Waals surface area contributed by atoms with Crippen LogP contribution in [0.5, 0.6) is 0 Å². The Balaban J connectivity index is 2.45. The van der Waals surface area contributed by atoms with E-state index in [-0.39, 0.29) is 0 Å². The summed E-state index contributed by atoms with van der Waals surface area (Å²) in [7, 11) is 0. The minimum atomic E-state index is 0.368. The summed E-state index contributed by atoms with van der Waals surface area (Å²) in [5, 5.41) is 9.61. The summed E-state index contributed by atoms with van der Waals surface area (Å²) in [4.78, 5) is 0. The van der Waals surface area contributed by atoms with Gasteiger partial charge in [0.2, 0.25) is 0 Å². The van der Waals surface area contributed by atoms with Crippen molar-refractivity contribution in [1.29, 1.82) is 0 Å². The van der Waals surface area contributed by atoms with Crippen molar-refractivity contribution >= 4 is 16.9 Å². The van der Waals surface area contributed by atoms with Crippen molar-refractivity contribution in [1.82, 2.24) is 0 Å². The molecular weight excluding hydrogens is 151 g/mol. The van der Waals surface area contributed by atoms with Crippen LogP contribution >= 0.6 is 0 Å². The summed E-state index contributed by atoms with van der Waals surface area (Å²) >= 11 is 1.79. The molecule has 0 aliphatic heterocycles. The van der Waals surface area contributed by atoms with E-state index in [2.05, 4.69) is 0 Å². The molecule has 0 radical (unpaired) electrons. The van der Waals surface area contributed by atoms with E-state index >= 15 is 0 Å². The Morgan fingerprint density at radius 3 is 2.29 bits per heavy atom. The van der Waals surface area contributed by atoms with Crippen LogP contribution in [0.15, 0.2) is 0 Å². The van der Waals surface area contributed by atoms with E-state index in [9.17, 15) is 0 Å². The van der Waals surface area contributed by atoms with Gasteiger partial charge in [-0.25, -0.2) is 0 Å². The van der Waals surface area contributed by atoms with E-state index in [0.29, 0.717) is 6.61 Å². The summed E-state index contributed by atoms with van der Waals surface area (Å²) in [5.74, 6) is 0. The molecule has 0 aliphatic carbocycles. The van der Waals surface area contributed by atoms with Crippen LogP contribution in [0.3, 0.4) is 0 Å². The fourth-order valence-corrected chi connectivity index (χ4v) is 1.04. The first-order chi connectivity index (χ1) is 3.41. The average molecular weight is 164 g/mol. The molecule has 0 amide bonds. The van der Waals surface area contributed by atoms with Crippen molar-refractivity contribution in [3.8, 4) is 0 Å². The van der Waals surface area contributed by atoms with Gasteiger partial charge in [-0.2, -0.15) is 0 Å². The monoisotopic (exact) mass is 164 g/mol. The molecule has 2 heteroatoms. The fourth-order valence-electron chi connectivity index (χ4n) is 0.433. The molecule has 0 fully saturated rings. The molecule has 0 aliphatic rings. The van der Waals surface area contributed by atoms with Crippen LogP contribution in [0.1, 0.15) is 19.3 Å². The van der Waals surface area contributed by atoms with Gasteiger partial charge in [0, 0.05) is 0 Å². The number of hydrogen-bond acceptors (Lipinski definition) is 1. The Bertz CT molecular complexity index is 27.3. The van der Waals surface area contributed by atoms with E-state index in [4.69, 9.17) is 5.11 Å². The predicted molar refractivity (Wildman–Crippen MR) is 34.3 cm³/mol. The minimum absolute atomic E-state index is 0.368. The summed E-state index contributed by atoms with van der Waals surface area (Å²) in [6, 6.07) is 0. The van der Waals surface area contributed by atoms with Gasteiger partial charge in [0.15, 0.2) is 0 Å². The quantitative estimate of drug-likeness (QED) is 0.465. The Hall–Kier alpha value is 0.518. The van der Waals surface area contributed by atoms with Gasteiger partial charge in [-0.1, -0.05) is 0 Å². The summed E-state index contributed by atoms with van der Waals surface area (Å²) in [6.07, 6.45) is 3.49. The SMILES string of the molecule is OCCCCC[AsH2]. The first-order valence-electron chi connectivity index (χ1n) is 2.72. The van der Waals surface area contributed by atoms with Crippen LogP contribution in [-0.2, 0) is 0 Å². The number of rotatable bonds is 4. The predicted octanol–water partition coefficient (Wildman–Crippen LogP) is 0.200. The third-order valence-corrected chi connectivity index (χ3v) is 1.72. The van der Waals surface area contributed by atoms with E-state index < -0.39 is 0 Å². The fraction of sp³-hybridized carbons (Fsp3) is 1.00. The van der Waals surface area contributed by atoms with Crippen LogP contribution in [-0.4, -0.2) is 28.6 Å². The van der Waals surface area contributed by atoms with Gasteiger partial charge in [0.05, 0.1) is 0 Å². The zero-order chi connectivity index (χ0) is 5.54. The van der Waals surface area contributed by atoms with E-state index in [0.717, 1.165) is 6.42 Å². The molecule has 1 atom stereocenters. The molecule has 0 rings (SSSR count). The first kappa shape index (κ1) is 7.52. The topological polar surface area (TPSA) is 20.2 Å². The van der Waals surface area contributed by atoms with Gasteiger partial charge in [-0.3, -0.25) is 0 Å².